The van der Waals surface area contributed by atoms with Crippen LogP contribution in [0.5, 0.6) is 0 Å². The third-order valence-corrected chi connectivity index (χ3v) is 4.76. The van der Waals surface area contributed by atoms with Gasteiger partial charge in [-0.05, 0) is 56.3 Å². The number of carbonyl (C=O) groups excluding carboxylic acids is 2. The maximum absolute atomic E-state index is 12.8. The quantitative estimate of drug-likeness (QED) is 0.437. The molecule has 0 unspecified atom stereocenters. The molecule has 3 aromatic heterocycles. The lowest BCUT2D eigenvalue weighted by atomic mass is 10.1. The van der Waals surface area contributed by atoms with Crippen LogP contribution in [0, 0.1) is 0 Å². The average Bonchev–Trinajstić information content (AvgIpc) is 3.43. The molecule has 1 aromatic carbocycles. The van der Waals surface area contributed by atoms with Crippen LogP contribution in [-0.2, 0) is 9.53 Å². The largest absolute Gasteiger partial charge is 0.463 e. The monoisotopic (exact) mass is 438 g/mol. The van der Waals surface area contributed by atoms with Crippen molar-refractivity contribution < 1.29 is 18.7 Å². The molecule has 1 amide bonds. The molecule has 31 heavy (non-hydrogen) atoms. The van der Waals surface area contributed by atoms with Gasteiger partial charge in [0.1, 0.15) is 5.69 Å². The number of carbonyl (C=O) groups is 2. The molecule has 1 N–H and O–H groups in total. The second kappa shape index (κ2) is 8.61. The Morgan fingerprint density at radius 1 is 1.23 bits per heavy atom. The van der Waals surface area contributed by atoms with Crippen LogP contribution >= 0.6 is 11.6 Å². The number of hydrogen-bond acceptors (Lipinski definition) is 6. The van der Waals surface area contributed by atoms with E-state index in [0.29, 0.717) is 33.2 Å². The summed E-state index contributed by atoms with van der Waals surface area (Å²) in [5.74, 6) is -0.618. The lowest BCUT2D eigenvalue weighted by Gasteiger charge is -2.10. The molecule has 4 rings (SSSR count). The number of fused-ring (bicyclic) bond motifs is 1. The summed E-state index contributed by atoms with van der Waals surface area (Å²) in [5, 5.41) is 8.08. The lowest BCUT2D eigenvalue weighted by Crippen LogP contribution is -2.21. The number of furan rings is 1. The summed E-state index contributed by atoms with van der Waals surface area (Å²) in [6.07, 6.45) is 3.10. The van der Waals surface area contributed by atoms with Gasteiger partial charge in [-0.2, -0.15) is 5.10 Å². The number of anilines is 1. The van der Waals surface area contributed by atoms with Gasteiger partial charge in [-0.15, -0.1) is 0 Å². The number of rotatable bonds is 6. The highest BCUT2D eigenvalue weighted by Crippen LogP contribution is 2.27. The van der Waals surface area contributed by atoms with Crippen LogP contribution in [0.1, 0.15) is 30.2 Å². The molecule has 0 aliphatic rings. The number of hydrogen-bond donors (Lipinski definition) is 1. The average molecular weight is 439 g/mol. The fraction of sp³-hybridized carbons (Fsp3) is 0.182. The molecular formula is C22H19ClN4O4. The number of nitrogens with zero attached hydrogens (tertiary/aromatic N) is 3. The third kappa shape index (κ3) is 4.44. The SMILES string of the molecule is CC(C)n1ncc2c(C(=O)OCC(=O)Nc3ccc(Cl)cc3)cc(-c3ccco3)nc21. The highest BCUT2D eigenvalue weighted by atomic mass is 35.5. The maximum Gasteiger partial charge on any atom is 0.339 e. The van der Waals surface area contributed by atoms with Crippen LogP contribution < -0.4 is 5.32 Å². The van der Waals surface area contributed by atoms with Gasteiger partial charge in [0.25, 0.3) is 5.91 Å². The van der Waals surface area contributed by atoms with E-state index in [1.165, 1.54) is 6.26 Å². The standard InChI is InChI=1S/C22H19ClN4O4/c1-13(2)27-21-17(11-24-27)16(10-18(26-21)19-4-3-9-30-19)22(29)31-12-20(28)25-15-7-5-14(23)6-8-15/h3-11,13H,12H2,1-2H3,(H,25,28). The summed E-state index contributed by atoms with van der Waals surface area (Å²) >= 11 is 5.84. The van der Waals surface area contributed by atoms with Crippen molar-refractivity contribution in [3.63, 3.8) is 0 Å². The van der Waals surface area contributed by atoms with Gasteiger partial charge in [-0.25, -0.2) is 14.5 Å². The second-order valence-electron chi connectivity index (χ2n) is 7.08. The predicted octanol–water partition coefficient (Wildman–Crippen LogP) is 4.72. The molecule has 9 heteroatoms. The summed E-state index contributed by atoms with van der Waals surface area (Å²) < 4.78 is 12.4. The van der Waals surface area contributed by atoms with E-state index in [-0.39, 0.29) is 11.6 Å². The van der Waals surface area contributed by atoms with Gasteiger partial charge in [0, 0.05) is 16.8 Å². The van der Waals surface area contributed by atoms with Crippen LogP contribution in [0.15, 0.2) is 59.3 Å². The highest BCUT2D eigenvalue weighted by molar-refractivity contribution is 6.30. The van der Waals surface area contributed by atoms with E-state index in [9.17, 15) is 9.59 Å². The Morgan fingerprint density at radius 2 is 2.00 bits per heavy atom. The summed E-state index contributed by atoms with van der Waals surface area (Å²) in [4.78, 5) is 29.6. The first kappa shape index (κ1) is 20.6. The molecule has 0 radical (unpaired) electrons. The zero-order valence-corrected chi connectivity index (χ0v) is 17.6. The van der Waals surface area contributed by atoms with E-state index in [2.05, 4.69) is 15.4 Å². The summed E-state index contributed by atoms with van der Waals surface area (Å²) in [7, 11) is 0. The maximum atomic E-state index is 12.8. The van der Waals surface area contributed by atoms with Crippen LogP contribution in [0.2, 0.25) is 5.02 Å². The molecule has 0 atom stereocenters. The van der Waals surface area contributed by atoms with Crippen molar-refractivity contribution in [2.75, 3.05) is 11.9 Å². The number of pyridine rings is 1. The van der Waals surface area contributed by atoms with E-state index >= 15 is 0 Å². The normalized spacial score (nSPS) is 11.1. The van der Waals surface area contributed by atoms with Crippen LogP contribution in [0.25, 0.3) is 22.5 Å². The van der Waals surface area contributed by atoms with Gasteiger partial charge in [0.05, 0.1) is 23.4 Å². The second-order valence-corrected chi connectivity index (χ2v) is 7.52. The first-order chi connectivity index (χ1) is 14.9. The number of ether oxygens (including phenoxy) is 1. The Kier molecular flexibility index (Phi) is 5.73. The van der Waals surface area contributed by atoms with E-state index in [4.69, 9.17) is 20.8 Å². The highest BCUT2D eigenvalue weighted by Gasteiger charge is 2.21. The molecule has 158 valence electrons. The van der Waals surface area contributed by atoms with Crippen molar-refractivity contribution in [2.24, 2.45) is 0 Å². The smallest absolute Gasteiger partial charge is 0.339 e. The van der Waals surface area contributed by atoms with Crippen molar-refractivity contribution in [3.8, 4) is 11.5 Å². The third-order valence-electron chi connectivity index (χ3n) is 4.51. The summed E-state index contributed by atoms with van der Waals surface area (Å²) in [5.41, 5.74) is 1.80. The molecule has 4 aromatic rings. The van der Waals surface area contributed by atoms with E-state index in [0.717, 1.165) is 0 Å². The van der Waals surface area contributed by atoms with Crippen LogP contribution in [0.4, 0.5) is 5.69 Å². The minimum Gasteiger partial charge on any atom is -0.463 e. The Labute approximate surface area is 182 Å². The molecule has 0 saturated heterocycles. The van der Waals surface area contributed by atoms with Crippen molar-refractivity contribution in [1.29, 1.82) is 0 Å². The zero-order valence-electron chi connectivity index (χ0n) is 16.8. The van der Waals surface area contributed by atoms with Gasteiger partial charge in [-0.1, -0.05) is 11.6 Å². The molecule has 0 spiro atoms. The molecule has 0 aliphatic heterocycles. The van der Waals surface area contributed by atoms with Gasteiger partial charge >= 0.3 is 5.97 Å². The number of benzene rings is 1. The molecule has 8 nitrogen and oxygen atoms in total. The van der Waals surface area contributed by atoms with E-state index < -0.39 is 18.5 Å². The van der Waals surface area contributed by atoms with Crippen LogP contribution in [-0.4, -0.2) is 33.2 Å². The predicted molar refractivity (Wildman–Crippen MR) is 116 cm³/mol. The van der Waals surface area contributed by atoms with E-state index in [1.807, 2.05) is 13.8 Å². The number of esters is 1. The van der Waals surface area contributed by atoms with E-state index in [1.54, 1.807) is 53.3 Å². The lowest BCUT2D eigenvalue weighted by molar-refractivity contribution is -0.119. The zero-order chi connectivity index (χ0) is 22.0. The fourth-order valence-corrected chi connectivity index (χ4v) is 3.18. The van der Waals surface area contributed by atoms with Gasteiger partial charge in [0.15, 0.2) is 18.0 Å². The fourth-order valence-electron chi connectivity index (χ4n) is 3.05. The van der Waals surface area contributed by atoms with Gasteiger partial charge in [-0.3, -0.25) is 4.79 Å². The van der Waals surface area contributed by atoms with Crippen molar-refractivity contribution >= 4 is 40.2 Å². The Bertz CT molecular complexity index is 1230. The first-order valence-corrected chi connectivity index (χ1v) is 9.95. The minimum atomic E-state index is -0.658. The molecule has 3 heterocycles. The topological polar surface area (TPSA) is 99.2 Å². The molecule has 0 aliphatic carbocycles. The Balaban J connectivity index is 1.58. The number of nitrogens with one attached hydrogen (secondary N) is 1. The van der Waals surface area contributed by atoms with Crippen LogP contribution in [0.3, 0.4) is 0 Å². The Hall–Kier alpha value is -3.65. The number of amides is 1. The van der Waals surface area contributed by atoms with Gasteiger partial charge < -0.3 is 14.5 Å². The summed E-state index contributed by atoms with van der Waals surface area (Å²) in [6, 6.07) is 11.7. The molecular weight excluding hydrogens is 420 g/mol. The first-order valence-electron chi connectivity index (χ1n) is 9.57. The minimum absolute atomic E-state index is 0.0332. The summed E-state index contributed by atoms with van der Waals surface area (Å²) in [6.45, 7) is 3.49. The van der Waals surface area contributed by atoms with Crippen molar-refractivity contribution in [1.82, 2.24) is 14.8 Å². The van der Waals surface area contributed by atoms with Gasteiger partial charge in [0.2, 0.25) is 0 Å². The number of halogens is 1. The Morgan fingerprint density at radius 3 is 2.68 bits per heavy atom. The molecule has 0 saturated carbocycles. The van der Waals surface area contributed by atoms with Crippen molar-refractivity contribution in [2.45, 2.75) is 19.9 Å². The number of aromatic nitrogens is 3. The molecule has 0 bridgehead atoms. The molecule has 0 fully saturated rings. The van der Waals surface area contributed by atoms with Crippen molar-refractivity contribution in [3.05, 3.63) is 65.5 Å².